The standard InChI is InChI=1S/C19H28N2O/c1-13-18-10-14-5-6-15(20)11-17(14)19(13,2)7-8-21(18)12-16-4-3-9-22-16/h5-6,11,13,16,18H,3-4,7-10,12,20H2,1-2H3/t13-,16-,18+,19+/m0/s1. The summed E-state index contributed by atoms with van der Waals surface area (Å²) < 4.78 is 5.88. The maximum absolute atomic E-state index is 6.07. The van der Waals surface area contributed by atoms with E-state index in [4.69, 9.17) is 10.5 Å². The summed E-state index contributed by atoms with van der Waals surface area (Å²) in [6.45, 7) is 8.16. The van der Waals surface area contributed by atoms with Gasteiger partial charge in [-0.05, 0) is 66.8 Å². The van der Waals surface area contributed by atoms with Crippen LogP contribution in [0.2, 0.25) is 0 Å². The first-order valence-electron chi connectivity index (χ1n) is 8.82. The van der Waals surface area contributed by atoms with Crippen molar-refractivity contribution >= 4 is 5.69 Å². The van der Waals surface area contributed by atoms with Crippen molar-refractivity contribution in [1.82, 2.24) is 4.90 Å². The van der Waals surface area contributed by atoms with Gasteiger partial charge in [0.2, 0.25) is 0 Å². The lowest BCUT2D eigenvalue weighted by Crippen LogP contribution is -2.59. The van der Waals surface area contributed by atoms with Crippen LogP contribution in [0.4, 0.5) is 5.69 Å². The fraction of sp³-hybridized carbons (Fsp3) is 0.684. The third-order valence-electron chi connectivity index (χ3n) is 6.61. The lowest BCUT2D eigenvalue weighted by atomic mass is 9.59. The number of nitrogen functional groups attached to an aromatic ring is 1. The molecule has 3 heteroatoms. The van der Waals surface area contributed by atoms with Gasteiger partial charge in [-0.2, -0.15) is 0 Å². The van der Waals surface area contributed by atoms with E-state index in [0.717, 1.165) is 18.8 Å². The Morgan fingerprint density at radius 2 is 2.27 bits per heavy atom. The molecular weight excluding hydrogens is 272 g/mol. The third-order valence-corrected chi connectivity index (χ3v) is 6.61. The van der Waals surface area contributed by atoms with E-state index in [1.807, 2.05) is 0 Å². The Hall–Kier alpha value is -1.06. The SMILES string of the molecule is C[C@H]1[C@H]2Cc3ccc(N)cc3[C@]1(C)CCN2C[C@@H]1CCCO1. The van der Waals surface area contributed by atoms with Gasteiger partial charge in [-0.15, -0.1) is 0 Å². The summed E-state index contributed by atoms with van der Waals surface area (Å²) in [5.41, 5.74) is 10.3. The van der Waals surface area contributed by atoms with E-state index >= 15 is 0 Å². The first-order valence-corrected chi connectivity index (χ1v) is 8.82. The minimum atomic E-state index is 0.278. The number of ether oxygens (including phenoxy) is 1. The molecule has 3 nitrogen and oxygen atoms in total. The topological polar surface area (TPSA) is 38.5 Å². The number of rotatable bonds is 2. The van der Waals surface area contributed by atoms with Gasteiger partial charge in [0.25, 0.3) is 0 Å². The third kappa shape index (κ3) is 2.17. The fourth-order valence-electron chi connectivity index (χ4n) is 5.00. The monoisotopic (exact) mass is 300 g/mol. The summed E-state index contributed by atoms with van der Waals surface area (Å²) >= 11 is 0. The Kier molecular flexibility index (Phi) is 3.46. The zero-order valence-corrected chi connectivity index (χ0v) is 13.8. The highest BCUT2D eigenvalue weighted by Crippen LogP contribution is 2.49. The van der Waals surface area contributed by atoms with E-state index in [9.17, 15) is 0 Å². The molecule has 22 heavy (non-hydrogen) atoms. The number of anilines is 1. The largest absolute Gasteiger partial charge is 0.399 e. The number of hydrogen-bond acceptors (Lipinski definition) is 3. The van der Waals surface area contributed by atoms with Gasteiger partial charge in [-0.1, -0.05) is 19.9 Å². The van der Waals surface area contributed by atoms with Crippen LogP contribution in [0.25, 0.3) is 0 Å². The summed E-state index contributed by atoms with van der Waals surface area (Å²) in [6.07, 6.45) is 5.33. The van der Waals surface area contributed by atoms with Crippen molar-refractivity contribution in [2.24, 2.45) is 5.92 Å². The van der Waals surface area contributed by atoms with Crippen molar-refractivity contribution in [2.45, 2.75) is 57.1 Å². The molecule has 4 atom stereocenters. The van der Waals surface area contributed by atoms with Crippen molar-refractivity contribution in [3.63, 3.8) is 0 Å². The molecule has 0 saturated carbocycles. The first-order chi connectivity index (χ1) is 10.6. The molecule has 2 heterocycles. The number of piperidine rings is 1. The Balaban J connectivity index is 1.63. The molecule has 2 aliphatic heterocycles. The molecule has 2 fully saturated rings. The molecule has 0 unspecified atom stereocenters. The number of benzene rings is 1. The highest BCUT2D eigenvalue weighted by Gasteiger charge is 2.48. The van der Waals surface area contributed by atoms with Gasteiger partial charge in [0, 0.05) is 24.9 Å². The molecule has 2 saturated heterocycles. The lowest BCUT2D eigenvalue weighted by molar-refractivity contribution is -0.00662. The number of likely N-dealkylation sites (tertiary alicyclic amines) is 1. The number of fused-ring (bicyclic) bond motifs is 4. The average Bonchev–Trinajstić information content (AvgIpc) is 3.00. The van der Waals surface area contributed by atoms with Gasteiger partial charge >= 0.3 is 0 Å². The normalized spacial score (nSPS) is 38.0. The van der Waals surface area contributed by atoms with E-state index in [2.05, 4.69) is 36.9 Å². The summed E-state index contributed by atoms with van der Waals surface area (Å²) in [6, 6.07) is 7.21. The predicted octanol–water partition coefficient (Wildman–Crippen LogP) is 2.97. The minimum Gasteiger partial charge on any atom is -0.399 e. The molecule has 1 aromatic rings. The van der Waals surface area contributed by atoms with Crippen LogP contribution in [0.5, 0.6) is 0 Å². The van der Waals surface area contributed by atoms with Gasteiger partial charge in [-0.25, -0.2) is 0 Å². The summed E-state index contributed by atoms with van der Waals surface area (Å²) in [7, 11) is 0. The maximum Gasteiger partial charge on any atom is 0.0702 e. The highest BCUT2D eigenvalue weighted by molar-refractivity contribution is 5.50. The van der Waals surface area contributed by atoms with E-state index in [-0.39, 0.29) is 5.41 Å². The van der Waals surface area contributed by atoms with Crippen LogP contribution < -0.4 is 5.73 Å². The van der Waals surface area contributed by atoms with E-state index < -0.39 is 0 Å². The summed E-state index contributed by atoms with van der Waals surface area (Å²) in [5, 5.41) is 0. The minimum absolute atomic E-state index is 0.278. The summed E-state index contributed by atoms with van der Waals surface area (Å²) in [5.74, 6) is 0.678. The van der Waals surface area contributed by atoms with Gasteiger partial charge in [0.15, 0.2) is 0 Å². The Morgan fingerprint density at radius 1 is 1.41 bits per heavy atom. The van der Waals surface area contributed by atoms with E-state index in [1.54, 1.807) is 0 Å². The molecule has 1 aromatic carbocycles. The number of nitrogens with two attached hydrogens (primary N) is 1. The van der Waals surface area contributed by atoms with Crippen molar-refractivity contribution in [1.29, 1.82) is 0 Å². The van der Waals surface area contributed by atoms with Crippen LogP contribution >= 0.6 is 0 Å². The van der Waals surface area contributed by atoms with Crippen LogP contribution in [0.3, 0.4) is 0 Å². The van der Waals surface area contributed by atoms with Gasteiger partial charge in [-0.3, -0.25) is 4.90 Å². The Labute approximate surface area is 133 Å². The van der Waals surface area contributed by atoms with Crippen LogP contribution in [0.15, 0.2) is 18.2 Å². The number of nitrogens with zero attached hydrogens (tertiary/aromatic N) is 1. The molecular formula is C19H28N2O. The second-order valence-electron chi connectivity index (χ2n) is 7.77. The van der Waals surface area contributed by atoms with Crippen LogP contribution in [0, 0.1) is 5.92 Å². The Morgan fingerprint density at radius 3 is 3.05 bits per heavy atom. The van der Waals surface area contributed by atoms with Crippen molar-refractivity contribution < 1.29 is 4.74 Å². The average molecular weight is 300 g/mol. The second kappa shape index (κ2) is 5.24. The van der Waals surface area contributed by atoms with Crippen LogP contribution in [0.1, 0.15) is 44.2 Å². The highest BCUT2D eigenvalue weighted by atomic mass is 16.5. The van der Waals surface area contributed by atoms with Crippen LogP contribution in [-0.2, 0) is 16.6 Å². The number of hydrogen-bond donors (Lipinski definition) is 1. The van der Waals surface area contributed by atoms with E-state index in [1.165, 1.54) is 43.4 Å². The summed E-state index contributed by atoms with van der Waals surface area (Å²) in [4.78, 5) is 2.71. The molecule has 4 rings (SSSR count). The fourth-order valence-corrected chi connectivity index (χ4v) is 5.00. The molecule has 120 valence electrons. The van der Waals surface area contributed by atoms with Crippen molar-refractivity contribution in [3.05, 3.63) is 29.3 Å². The van der Waals surface area contributed by atoms with Crippen LogP contribution in [-0.4, -0.2) is 36.7 Å². The molecule has 0 amide bonds. The Bertz CT molecular complexity index is 567. The van der Waals surface area contributed by atoms with Gasteiger partial charge in [0.1, 0.15) is 0 Å². The maximum atomic E-state index is 6.07. The zero-order chi connectivity index (χ0) is 15.3. The molecule has 0 aromatic heterocycles. The quantitative estimate of drug-likeness (QED) is 0.853. The smallest absolute Gasteiger partial charge is 0.0702 e. The lowest BCUT2D eigenvalue weighted by Gasteiger charge is -2.55. The van der Waals surface area contributed by atoms with Crippen molar-refractivity contribution in [2.75, 3.05) is 25.4 Å². The molecule has 0 spiro atoms. The van der Waals surface area contributed by atoms with Gasteiger partial charge in [0.05, 0.1) is 6.10 Å². The van der Waals surface area contributed by atoms with Crippen molar-refractivity contribution in [3.8, 4) is 0 Å². The molecule has 3 aliphatic rings. The molecule has 0 radical (unpaired) electrons. The molecule has 1 aliphatic carbocycles. The van der Waals surface area contributed by atoms with E-state index in [0.29, 0.717) is 18.1 Å². The second-order valence-corrected chi connectivity index (χ2v) is 7.77. The predicted molar refractivity (Wildman–Crippen MR) is 90.0 cm³/mol. The molecule has 2 N–H and O–H groups in total. The van der Waals surface area contributed by atoms with Gasteiger partial charge < -0.3 is 10.5 Å². The molecule has 2 bridgehead atoms. The first kappa shape index (κ1) is 14.5. The zero-order valence-electron chi connectivity index (χ0n) is 13.8.